The molecule has 5 rings (SSSR count). The first-order valence-corrected chi connectivity index (χ1v) is 17.0. The summed E-state index contributed by atoms with van der Waals surface area (Å²) in [6, 6.07) is 33.5. The van der Waals surface area contributed by atoms with Crippen LogP contribution in [0, 0.1) is 0 Å². The van der Waals surface area contributed by atoms with Crippen molar-refractivity contribution in [2.75, 3.05) is 11.1 Å². The van der Waals surface area contributed by atoms with Crippen LogP contribution in [0.3, 0.4) is 0 Å². The van der Waals surface area contributed by atoms with E-state index in [1.807, 2.05) is 60.7 Å². The number of amides is 1. The molecule has 0 aliphatic carbocycles. The Kier molecular flexibility index (Phi) is 9.60. The molecule has 1 amide bonds. The maximum absolute atomic E-state index is 13.9. The van der Waals surface area contributed by atoms with Crippen molar-refractivity contribution in [3.05, 3.63) is 125 Å². The fraction of sp³-hybridized carbons (Fsp3) is 0.263. The standard InChI is InChI=1S/C38H40N2O5S/c1-38(2,3)31-19-15-27(16-20-31)33(24-26-11-13-29(14-12-26)36(41)10-7-23-46(43,44)45)37(42)39-32-21-17-28(18-22-32)35-25-30-8-5-6-9-34(30)40(35)4/h5-6,8-9,11-22,25,33H,7,10,23-24H2,1-4H3,(H,39,42)(H,43,44,45). The van der Waals surface area contributed by atoms with E-state index in [1.54, 1.807) is 12.1 Å². The molecule has 238 valence electrons. The second-order valence-corrected chi connectivity index (χ2v) is 14.4. The summed E-state index contributed by atoms with van der Waals surface area (Å²) >= 11 is 0. The Bertz CT molecular complexity index is 1950. The molecule has 7 nitrogen and oxygen atoms in total. The maximum Gasteiger partial charge on any atom is 0.264 e. The first kappa shape index (κ1) is 32.9. The Morgan fingerprint density at radius 3 is 2.13 bits per heavy atom. The lowest BCUT2D eigenvalue weighted by atomic mass is 9.84. The van der Waals surface area contributed by atoms with Gasteiger partial charge in [0.25, 0.3) is 10.1 Å². The number of hydrogen-bond donors (Lipinski definition) is 2. The van der Waals surface area contributed by atoms with Crippen molar-refractivity contribution in [2.24, 2.45) is 7.05 Å². The summed E-state index contributed by atoms with van der Waals surface area (Å²) in [6.07, 6.45) is 0.491. The molecule has 5 aromatic rings. The van der Waals surface area contributed by atoms with Gasteiger partial charge in [0.15, 0.2) is 5.78 Å². The van der Waals surface area contributed by atoms with Gasteiger partial charge in [-0.2, -0.15) is 8.42 Å². The minimum atomic E-state index is -4.10. The smallest absolute Gasteiger partial charge is 0.264 e. The summed E-state index contributed by atoms with van der Waals surface area (Å²) in [4.78, 5) is 26.4. The van der Waals surface area contributed by atoms with Crippen molar-refractivity contribution in [3.8, 4) is 11.3 Å². The van der Waals surface area contributed by atoms with Gasteiger partial charge < -0.3 is 9.88 Å². The Morgan fingerprint density at radius 2 is 1.52 bits per heavy atom. The van der Waals surface area contributed by atoms with Gasteiger partial charge >= 0.3 is 0 Å². The van der Waals surface area contributed by atoms with Crippen LogP contribution in [-0.2, 0) is 33.8 Å². The Labute approximate surface area is 271 Å². The molecule has 8 heteroatoms. The van der Waals surface area contributed by atoms with E-state index in [0.717, 1.165) is 27.9 Å². The number of aryl methyl sites for hydroxylation is 1. The quantitative estimate of drug-likeness (QED) is 0.113. The van der Waals surface area contributed by atoms with E-state index >= 15 is 0 Å². The molecule has 0 bridgehead atoms. The highest BCUT2D eigenvalue weighted by molar-refractivity contribution is 7.85. The zero-order chi connectivity index (χ0) is 33.1. The van der Waals surface area contributed by atoms with Crippen LogP contribution in [0.1, 0.15) is 66.6 Å². The molecule has 0 aliphatic rings. The summed E-state index contributed by atoms with van der Waals surface area (Å²) < 4.78 is 33.1. The van der Waals surface area contributed by atoms with Crippen LogP contribution in [0.5, 0.6) is 0 Å². The third kappa shape index (κ3) is 8.00. The molecule has 1 unspecified atom stereocenters. The molecule has 1 aromatic heterocycles. The van der Waals surface area contributed by atoms with E-state index in [2.05, 4.69) is 68.0 Å². The van der Waals surface area contributed by atoms with Crippen LogP contribution < -0.4 is 5.32 Å². The third-order valence-corrected chi connectivity index (χ3v) is 9.22. The monoisotopic (exact) mass is 636 g/mol. The predicted octanol–water partition coefficient (Wildman–Crippen LogP) is 7.96. The Hall–Kier alpha value is -4.53. The number of rotatable bonds is 11. The summed E-state index contributed by atoms with van der Waals surface area (Å²) in [7, 11) is -2.05. The Morgan fingerprint density at radius 1 is 0.870 bits per heavy atom. The largest absolute Gasteiger partial charge is 0.344 e. The van der Waals surface area contributed by atoms with E-state index in [-0.39, 0.29) is 29.9 Å². The number of nitrogens with zero attached hydrogens (tertiary/aromatic N) is 1. The van der Waals surface area contributed by atoms with Gasteiger partial charge in [-0.3, -0.25) is 14.1 Å². The average Bonchev–Trinajstić information content (AvgIpc) is 3.35. The van der Waals surface area contributed by atoms with Gasteiger partial charge in [0.2, 0.25) is 5.91 Å². The van der Waals surface area contributed by atoms with E-state index in [4.69, 9.17) is 4.55 Å². The topological polar surface area (TPSA) is 105 Å². The average molecular weight is 637 g/mol. The highest BCUT2D eigenvalue weighted by Gasteiger charge is 2.23. The lowest BCUT2D eigenvalue weighted by Crippen LogP contribution is -2.23. The lowest BCUT2D eigenvalue weighted by Gasteiger charge is -2.22. The number of benzene rings is 4. The first-order chi connectivity index (χ1) is 21.8. The van der Waals surface area contributed by atoms with Crippen molar-refractivity contribution in [1.29, 1.82) is 0 Å². The third-order valence-electron chi connectivity index (χ3n) is 8.42. The number of aromatic nitrogens is 1. The SMILES string of the molecule is Cn1c(-c2ccc(NC(=O)C(Cc3ccc(C(=O)CCCS(=O)(=O)O)cc3)c3ccc(C(C)(C)C)cc3)cc2)cc2ccccc21. The highest BCUT2D eigenvalue weighted by Crippen LogP contribution is 2.30. The van der Waals surface area contributed by atoms with Gasteiger partial charge in [-0.25, -0.2) is 0 Å². The van der Waals surface area contributed by atoms with Crippen molar-refractivity contribution in [1.82, 2.24) is 4.57 Å². The van der Waals surface area contributed by atoms with Crippen LogP contribution >= 0.6 is 0 Å². The summed E-state index contributed by atoms with van der Waals surface area (Å²) in [5, 5.41) is 4.29. The van der Waals surface area contributed by atoms with Gasteiger partial charge in [-0.05, 0) is 64.8 Å². The molecule has 0 saturated carbocycles. The van der Waals surface area contributed by atoms with E-state index in [1.165, 1.54) is 10.9 Å². The van der Waals surface area contributed by atoms with Gasteiger partial charge in [0.1, 0.15) is 0 Å². The number of ketones is 1. The van der Waals surface area contributed by atoms with Crippen molar-refractivity contribution < 1.29 is 22.6 Å². The fourth-order valence-corrected chi connectivity index (χ4v) is 6.23. The van der Waals surface area contributed by atoms with Gasteiger partial charge in [-0.15, -0.1) is 0 Å². The molecule has 0 saturated heterocycles. The number of nitrogens with one attached hydrogen (secondary N) is 1. The summed E-state index contributed by atoms with van der Waals surface area (Å²) in [5.74, 6) is -1.27. The number of Topliss-reactive ketones (excluding diaryl/α,β-unsaturated/α-hetero) is 1. The van der Waals surface area contributed by atoms with Crippen LogP contribution in [-0.4, -0.2) is 35.0 Å². The number of carbonyl (C=O) groups excluding carboxylic acids is 2. The molecule has 0 fully saturated rings. The molecular weight excluding hydrogens is 596 g/mol. The van der Waals surface area contributed by atoms with Crippen molar-refractivity contribution in [2.45, 2.75) is 51.4 Å². The van der Waals surface area contributed by atoms with Crippen LogP contribution in [0.4, 0.5) is 5.69 Å². The number of anilines is 1. The molecule has 2 N–H and O–H groups in total. The molecule has 0 aliphatic heterocycles. The normalized spacial score (nSPS) is 12.6. The second kappa shape index (κ2) is 13.4. The molecule has 46 heavy (non-hydrogen) atoms. The summed E-state index contributed by atoms with van der Waals surface area (Å²) in [5.41, 5.74) is 7.40. The molecule has 1 heterocycles. The van der Waals surface area contributed by atoms with E-state index in [0.29, 0.717) is 17.7 Å². The molecule has 4 aromatic carbocycles. The molecule has 1 atom stereocenters. The number of hydrogen-bond acceptors (Lipinski definition) is 4. The molecular formula is C38H40N2O5S. The van der Waals surface area contributed by atoms with E-state index < -0.39 is 21.8 Å². The number of para-hydroxylation sites is 1. The number of carbonyl (C=O) groups is 2. The maximum atomic E-state index is 13.9. The molecule has 0 spiro atoms. The number of fused-ring (bicyclic) bond motifs is 1. The second-order valence-electron chi connectivity index (χ2n) is 12.9. The zero-order valence-corrected chi connectivity index (χ0v) is 27.5. The van der Waals surface area contributed by atoms with E-state index in [9.17, 15) is 18.0 Å². The van der Waals surface area contributed by atoms with Crippen LogP contribution in [0.25, 0.3) is 22.2 Å². The van der Waals surface area contributed by atoms with Crippen molar-refractivity contribution in [3.63, 3.8) is 0 Å². The highest BCUT2D eigenvalue weighted by atomic mass is 32.2. The lowest BCUT2D eigenvalue weighted by molar-refractivity contribution is -0.117. The van der Waals surface area contributed by atoms with Gasteiger partial charge in [0, 0.05) is 41.3 Å². The fourth-order valence-electron chi connectivity index (χ4n) is 5.72. The minimum Gasteiger partial charge on any atom is -0.344 e. The minimum absolute atomic E-state index is 0.0174. The van der Waals surface area contributed by atoms with Crippen LogP contribution in [0.15, 0.2) is 103 Å². The first-order valence-electron chi connectivity index (χ1n) is 15.4. The van der Waals surface area contributed by atoms with Gasteiger partial charge in [-0.1, -0.05) is 99.6 Å². The predicted molar refractivity (Wildman–Crippen MR) is 185 cm³/mol. The van der Waals surface area contributed by atoms with Gasteiger partial charge in [0.05, 0.1) is 11.7 Å². The zero-order valence-electron chi connectivity index (χ0n) is 26.7. The van der Waals surface area contributed by atoms with Crippen molar-refractivity contribution >= 4 is 38.4 Å². The van der Waals surface area contributed by atoms with Crippen LogP contribution in [0.2, 0.25) is 0 Å². The Balaban J connectivity index is 1.34. The molecule has 0 radical (unpaired) electrons. The summed E-state index contributed by atoms with van der Waals surface area (Å²) in [6.45, 7) is 6.46.